The molecule has 4 rings (SSSR count). The van der Waals surface area contributed by atoms with E-state index in [-0.39, 0.29) is 17.1 Å². The average molecular weight is 337 g/mol. The number of hydrogen-bond donors (Lipinski definition) is 2. The average Bonchev–Trinajstić information content (AvgIpc) is 3.15. The molecule has 2 N–H and O–H groups in total. The van der Waals surface area contributed by atoms with E-state index in [4.69, 9.17) is 0 Å². The smallest absolute Gasteiger partial charge is 0.283 e. The van der Waals surface area contributed by atoms with Gasteiger partial charge in [-0.3, -0.25) is 24.4 Å². The lowest BCUT2D eigenvalue weighted by Gasteiger charge is -2.06. The van der Waals surface area contributed by atoms with Crippen LogP contribution in [-0.4, -0.2) is 34.5 Å². The summed E-state index contributed by atoms with van der Waals surface area (Å²) < 4.78 is 2.67. The number of H-pyrrole nitrogens is 2. The maximum atomic E-state index is 12.9. The summed E-state index contributed by atoms with van der Waals surface area (Å²) in [6, 6.07) is 4.87. The first-order chi connectivity index (χ1) is 12.0. The first kappa shape index (κ1) is 15.1. The Hall–Kier alpha value is -3.49. The molecule has 0 aliphatic rings. The van der Waals surface area contributed by atoms with E-state index in [1.165, 1.54) is 15.3 Å². The van der Waals surface area contributed by atoms with Gasteiger partial charge in [-0.2, -0.15) is 9.78 Å². The van der Waals surface area contributed by atoms with Crippen LogP contribution in [-0.2, 0) is 0 Å². The van der Waals surface area contributed by atoms with Crippen molar-refractivity contribution < 1.29 is 0 Å². The lowest BCUT2D eigenvalue weighted by atomic mass is 10.2. The van der Waals surface area contributed by atoms with Gasteiger partial charge in [0.05, 0.1) is 17.1 Å². The van der Waals surface area contributed by atoms with Crippen LogP contribution in [0, 0.1) is 20.8 Å². The molecule has 25 heavy (non-hydrogen) atoms. The first-order valence-electron chi connectivity index (χ1n) is 7.65. The second-order valence-corrected chi connectivity index (χ2v) is 5.84. The van der Waals surface area contributed by atoms with Crippen molar-refractivity contribution in [2.75, 3.05) is 0 Å². The highest BCUT2D eigenvalue weighted by atomic mass is 16.1. The summed E-state index contributed by atoms with van der Waals surface area (Å²) in [5.74, 6) is 0.748. The predicted octanol–water partition coefficient (Wildman–Crippen LogP) is 0.908. The number of nitrogens with one attached hydrogen (secondary N) is 2. The summed E-state index contributed by atoms with van der Waals surface area (Å²) in [5, 5.41) is 9.93. The van der Waals surface area contributed by atoms with Gasteiger partial charge in [-0.15, -0.1) is 0 Å². The number of aryl methyl sites for hydroxylation is 3. The van der Waals surface area contributed by atoms with E-state index in [2.05, 4.69) is 25.3 Å². The minimum atomic E-state index is -0.314. The van der Waals surface area contributed by atoms with Gasteiger partial charge in [0.2, 0.25) is 0 Å². The molecule has 0 aromatic carbocycles. The van der Waals surface area contributed by atoms with Crippen molar-refractivity contribution in [1.29, 1.82) is 0 Å². The fourth-order valence-corrected chi connectivity index (χ4v) is 2.99. The third-order valence-corrected chi connectivity index (χ3v) is 4.00. The van der Waals surface area contributed by atoms with Crippen molar-refractivity contribution in [3.8, 4) is 11.8 Å². The van der Waals surface area contributed by atoms with Crippen molar-refractivity contribution >= 4 is 10.9 Å². The second-order valence-electron chi connectivity index (χ2n) is 5.84. The molecule has 4 heterocycles. The van der Waals surface area contributed by atoms with Crippen LogP contribution in [0.15, 0.2) is 34.0 Å². The minimum absolute atomic E-state index is 0.249. The third-order valence-electron chi connectivity index (χ3n) is 4.00. The zero-order chi connectivity index (χ0) is 17.7. The lowest BCUT2D eigenvalue weighted by molar-refractivity contribution is 0.780. The molecule has 9 nitrogen and oxygen atoms in total. The molecular weight excluding hydrogens is 322 g/mol. The number of rotatable bonds is 2. The third kappa shape index (κ3) is 2.28. The first-order valence-corrected chi connectivity index (χ1v) is 7.65. The minimum Gasteiger partial charge on any atom is -0.287 e. The standard InChI is InChI=1S/C16H15N7O2/c1-8-6-9(2)19-16(18-8)23-15(25)14-10(3)22(12-4-5-17-20-12)13(24)7-11(14)21-23/h4-7,21H,1-3H3,(H,17,20). The predicted molar refractivity (Wildman–Crippen MR) is 91.4 cm³/mol. The van der Waals surface area contributed by atoms with Gasteiger partial charge in [-0.05, 0) is 26.8 Å². The van der Waals surface area contributed by atoms with Crippen LogP contribution >= 0.6 is 0 Å². The molecule has 0 aliphatic carbocycles. The van der Waals surface area contributed by atoms with Gasteiger partial charge in [0.25, 0.3) is 17.1 Å². The lowest BCUT2D eigenvalue weighted by Crippen LogP contribution is -2.22. The fourth-order valence-electron chi connectivity index (χ4n) is 2.99. The molecule has 0 atom stereocenters. The normalized spacial score (nSPS) is 11.3. The zero-order valence-corrected chi connectivity index (χ0v) is 13.9. The van der Waals surface area contributed by atoms with Crippen molar-refractivity contribution in [3.63, 3.8) is 0 Å². The Morgan fingerprint density at radius 3 is 2.40 bits per heavy atom. The molecule has 0 amide bonds. The summed E-state index contributed by atoms with van der Waals surface area (Å²) in [4.78, 5) is 34.0. The molecule has 0 unspecified atom stereocenters. The van der Waals surface area contributed by atoms with E-state index in [9.17, 15) is 9.59 Å². The van der Waals surface area contributed by atoms with Crippen LogP contribution in [0.1, 0.15) is 17.1 Å². The Bertz CT molecular complexity index is 1190. The van der Waals surface area contributed by atoms with Crippen molar-refractivity contribution in [2.45, 2.75) is 20.8 Å². The quantitative estimate of drug-likeness (QED) is 0.564. The van der Waals surface area contributed by atoms with E-state index in [1.807, 2.05) is 19.9 Å². The van der Waals surface area contributed by atoms with Crippen LogP contribution in [0.25, 0.3) is 22.7 Å². The molecule has 0 bridgehead atoms. The van der Waals surface area contributed by atoms with Gasteiger partial charge < -0.3 is 0 Å². The van der Waals surface area contributed by atoms with Crippen LogP contribution in [0.2, 0.25) is 0 Å². The van der Waals surface area contributed by atoms with E-state index in [0.717, 1.165) is 11.4 Å². The van der Waals surface area contributed by atoms with E-state index < -0.39 is 0 Å². The Morgan fingerprint density at radius 2 is 1.76 bits per heavy atom. The highest BCUT2D eigenvalue weighted by molar-refractivity contribution is 5.80. The molecule has 0 spiro atoms. The van der Waals surface area contributed by atoms with Gasteiger partial charge in [0, 0.05) is 29.2 Å². The zero-order valence-electron chi connectivity index (χ0n) is 13.9. The summed E-state index contributed by atoms with van der Waals surface area (Å²) in [6.07, 6.45) is 1.55. The summed E-state index contributed by atoms with van der Waals surface area (Å²) in [7, 11) is 0. The molecule has 0 radical (unpaired) electrons. The number of fused-ring (bicyclic) bond motifs is 1. The molecular formula is C16H15N7O2. The molecule has 0 saturated heterocycles. The Labute approximate surface area is 141 Å². The number of aromatic amines is 2. The second kappa shape index (κ2) is 5.26. The van der Waals surface area contributed by atoms with E-state index >= 15 is 0 Å². The molecule has 126 valence electrons. The van der Waals surface area contributed by atoms with E-state index in [0.29, 0.717) is 22.4 Å². The Morgan fingerprint density at radius 1 is 1.04 bits per heavy atom. The van der Waals surface area contributed by atoms with Crippen LogP contribution in [0.3, 0.4) is 0 Å². The number of pyridine rings is 1. The highest BCUT2D eigenvalue weighted by Gasteiger charge is 2.17. The molecule has 0 saturated carbocycles. The monoisotopic (exact) mass is 337 g/mol. The molecule has 4 aromatic rings. The number of nitrogens with zero attached hydrogens (tertiary/aromatic N) is 5. The molecule has 0 aliphatic heterocycles. The number of aromatic nitrogens is 7. The van der Waals surface area contributed by atoms with Crippen LogP contribution in [0.4, 0.5) is 0 Å². The van der Waals surface area contributed by atoms with Gasteiger partial charge in [-0.1, -0.05) is 0 Å². The Kier molecular flexibility index (Phi) is 3.17. The van der Waals surface area contributed by atoms with Gasteiger partial charge >= 0.3 is 0 Å². The van der Waals surface area contributed by atoms with Crippen LogP contribution in [0.5, 0.6) is 0 Å². The SMILES string of the molecule is Cc1cc(C)nc(-n2[nH]c3cc(=O)n(-c4ccn[nH]4)c(C)c3c2=O)n1. The van der Waals surface area contributed by atoms with Gasteiger partial charge in [0.15, 0.2) is 0 Å². The summed E-state index contributed by atoms with van der Waals surface area (Å²) in [6.45, 7) is 5.38. The molecule has 0 fully saturated rings. The Balaban J connectivity index is 2.05. The topological polar surface area (TPSA) is 114 Å². The number of hydrogen-bond acceptors (Lipinski definition) is 5. The highest BCUT2D eigenvalue weighted by Crippen LogP contribution is 2.14. The van der Waals surface area contributed by atoms with Crippen molar-refractivity contribution in [3.05, 3.63) is 62.2 Å². The molecule has 4 aromatic heterocycles. The van der Waals surface area contributed by atoms with Crippen molar-refractivity contribution in [1.82, 2.24) is 34.5 Å². The van der Waals surface area contributed by atoms with Crippen LogP contribution < -0.4 is 11.1 Å². The summed E-state index contributed by atoms with van der Waals surface area (Å²) >= 11 is 0. The van der Waals surface area contributed by atoms with Crippen molar-refractivity contribution in [2.24, 2.45) is 0 Å². The largest absolute Gasteiger partial charge is 0.287 e. The molecule has 9 heteroatoms. The van der Waals surface area contributed by atoms with Gasteiger partial charge in [-0.25, -0.2) is 9.97 Å². The maximum absolute atomic E-state index is 12.9. The maximum Gasteiger partial charge on any atom is 0.283 e. The van der Waals surface area contributed by atoms with Gasteiger partial charge in [0.1, 0.15) is 5.82 Å². The fraction of sp³-hybridized carbons (Fsp3) is 0.188. The summed E-state index contributed by atoms with van der Waals surface area (Å²) in [5.41, 5.74) is 1.86. The van der Waals surface area contributed by atoms with E-state index in [1.54, 1.807) is 19.2 Å².